The largest absolute Gasteiger partial charge is 0.466 e. The number of allylic oxidation sites excluding steroid dienone is 1. The van der Waals surface area contributed by atoms with E-state index in [1.54, 1.807) is 23.5 Å². The molecule has 98 valence electrons. The van der Waals surface area contributed by atoms with Gasteiger partial charge in [0.2, 0.25) is 0 Å². The van der Waals surface area contributed by atoms with Gasteiger partial charge in [0.15, 0.2) is 5.78 Å². The molecule has 0 N–H and O–H groups in total. The van der Waals surface area contributed by atoms with E-state index in [4.69, 9.17) is 4.42 Å². The van der Waals surface area contributed by atoms with Crippen molar-refractivity contribution in [3.63, 3.8) is 0 Å². The SMILES string of the molecule is CSC(SC)=C(C)C(=O)C1CC1c1ccc(C)o1. The van der Waals surface area contributed by atoms with Gasteiger partial charge in [0, 0.05) is 21.6 Å². The number of carbonyl (C=O) groups is 1. The molecule has 0 spiro atoms. The average Bonchev–Trinajstić information content (AvgIpc) is 3.05. The quantitative estimate of drug-likeness (QED) is 0.756. The molecular weight excluding hydrogens is 264 g/mol. The maximum absolute atomic E-state index is 12.3. The van der Waals surface area contributed by atoms with Crippen LogP contribution >= 0.6 is 23.5 Å². The molecule has 1 aliphatic carbocycles. The fraction of sp³-hybridized carbons (Fsp3) is 0.500. The first-order valence-electron chi connectivity index (χ1n) is 5.97. The number of carbonyl (C=O) groups excluding carboxylic acids is 1. The van der Waals surface area contributed by atoms with Crippen LogP contribution in [0.2, 0.25) is 0 Å². The van der Waals surface area contributed by atoms with Gasteiger partial charge in [0.1, 0.15) is 11.5 Å². The Hall–Kier alpha value is -0.610. The Balaban J connectivity index is 2.08. The van der Waals surface area contributed by atoms with Crippen molar-refractivity contribution < 1.29 is 9.21 Å². The Kier molecular flexibility index (Phi) is 4.28. The molecule has 0 aliphatic heterocycles. The highest BCUT2D eigenvalue weighted by Gasteiger charge is 2.46. The van der Waals surface area contributed by atoms with Gasteiger partial charge in [0.05, 0.1) is 0 Å². The number of aryl methyl sites for hydroxylation is 1. The minimum atomic E-state index is 0.129. The zero-order valence-electron chi connectivity index (χ0n) is 11.1. The zero-order valence-corrected chi connectivity index (χ0v) is 12.8. The lowest BCUT2D eigenvalue weighted by Crippen LogP contribution is -2.05. The fourth-order valence-electron chi connectivity index (χ4n) is 2.22. The summed E-state index contributed by atoms with van der Waals surface area (Å²) >= 11 is 3.30. The summed E-state index contributed by atoms with van der Waals surface area (Å²) in [4.78, 5) is 12.3. The van der Waals surface area contributed by atoms with Crippen LogP contribution in [0.5, 0.6) is 0 Å². The second-order valence-corrected chi connectivity index (χ2v) is 6.47. The summed E-state index contributed by atoms with van der Waals surface area (Å²) in [6.07, 6.45) is 4.96. The second-order valence-electron chi connectivity index (χ2n) is 4.58. The van der Waals surface area contributed by atoms with Crippen molar-refractivity contribution >= 4 is 29.3 Å². The highest BCUT2D eigenvalue weighted by atomic mass is 32.2. The van der Waals surface area contributed by atoms with E-state index < -0.39 is 0 Å². The van der Waals surface area contributed by atoms with Crippen molar-refractivity contribution in [2.45, 2.75) is 26.2 Å². The van der Waals surface area contributed by atoms with E-state index in [0.29, 0.717) is 5.92 Å². The molecule has 1 aliphatic rings. The summed E-state index contributed by atoms with van der Waals surface area (Å²) in [6.45, 7) is 3.88. The molecule has 1 aromatic heterocycles. The maximum Gasteiger partial charge on any atom is 0.164 e. The minimum absolute atomic E-state index is 0.129. The van der Waals surface area contributed by atoms with Gasteiger partial charge in [-0.25, -0.2) is 0 Å². The summed E-state index contributed by atoms with van der Waals surface area (Å²) in [5.41, 5.74) is 0.908. The van der Waals surface area contributed by atoms with E-state index in [0.717, 1.165) is 27.8 Å². The monoisotopic (exact) mass is 282 g/mol. The van der Waals surface area contributed by atoms with Crippen molar-refractivity contribution in [3.05, 3.63) is 33.5 Å². The van der Waals surface area contributed by atoms with Gasteiger partial charge in [-0.05, 0) is 44.9 Å². The number of hydrogen-bond acceptors (Lipinski definition) is 4. The van der Waals surface area contributed by atoms with Crippen molar-refractivity contribution in [2.75, 3.05) is 12.5 Å². The van der Waals surface area contributed by atoms with Gasteiger partial charge in [-0.15, -0.1) is 23.5 Å². The number of hydrogen-bond donors (Lipinski definition) is 0. The molecule has 1 heterocycles. The topological polar surface area (TPSA) is 30.2 Å². The Labute approximate surface area is 117 Å². The molecule has 0 amide bonds. The van der Waals surface area contributed by atoms with E-state index in [9.17, 15) is 4.79 Å². The third-order valence-corrected chi connectivity index (χ3v) is 5.65. The van der Waals surface area contributed by atoms with Gasteiger partial charge >= 0.3 is 0 Å². The zero-order chi connectivity index (χ0) is 13.3. The number of thioether (sulfide) groups is 2. The Morgan fingerprint density at radius 3 is 2.50 bits per heavy atom. The van der Waals surface area contributed by atoms with Crippen LogP contribution in [0.3, 0.4) is 0 Å². The van der Waals surface area contributed by atoms with Crippen molar-refractivity contribution in [3.8, 4) is 0 Å². The van der Waals surface area contributed by atoms with Crippen LogP contribution in [-0.4, -0.2) is 18.3 Å². The number of Topliss-reactive ketones (excluding diaryl/α,β-unsaturated/α-hetero) is 1. The Morgan fingerprint density at radius 2 is 2.00 bits per heavy atom. The molecule has 2 atom stereocenters. The van der Waals surface area contributed by atoms with E-state index in [1.807, 2.05) is 38.5 Å². The molecular formula is C14H18O2S2. The van der Waals surface area contributed by atoms with Crippen molar-refractivity contribution in [2.24, 2.45) is 5.92 Å². The van der Waals surface area contributed by atoms with E-state index in [1.165, 1.54) is 0 Å². The summed E-state index contributed by atoms with van der Waals surface area (Å²) < 4.78 is 6.73. The molecule has 2 rings (SSSR count). The fourth-order valence-corrected chi connectivity index (χ4v) is 3.70. The van der Waals surface area contributed by atoms with E-state index in [2.05, 4.69) is 0 Å². The Bertz CT molecular complexity index is 482. The molecule has 2 nitrogen and oxygen atoms in total. The van der Waals surface area contributed by atoms with Gasteiger partial charge in [0.25, 0.3) is 0 Å². The highest BCUT2D eigenvalue weighted by molar-refractivity contribution is 8.21. The van der Waals surface area contributed by atoms with Crippen molar-refractivity contribution in [1.29, 1.82) is 0 Å². The molecule has 0 saturated heterocycles. The molecule has 2 unspecified atom stereocenters. The maximum atomic E-state index is 12.3. The predicted octanol–water partition coefficient (Wildman–Crippen LogP) is 4.22. The standard InChI is InChI=1S/C14H18O2S2/c1-8-5-6-12(16-8)10-7-11(10)13(15)9(2)14(17-3)18-4/h5-6,10-11H,7H2,1-4H3. The van der Waals surface area contributed by atoms with Gasteiger partial charge < -0.3 is 4.42 Å². The molecule has 18 heavy (non-hydrogen) atoms. The van der Waals surface area contributed by atoms with Crippen LogP contribution in [0.1, 0.15) is 30.8 Å². The second kappa shape index (κ2) is 5.57. The lowest BCUT2D eigenvalue weighted by Gasteiger charge is -2.05. The van der Waals surface area contributed by atoms with Gasteiger partial charge in [-0.1, -0.05) is 0 Å². The number of rotatable bonds is 5. The summed E-state index contributed by atoms with van der Waals surface area (Å²) in [6, 6.07) is 3.96. The van der Waals surface area contributed by atoms with Crippen LogP contribution in [0.4, 0.5) is 0 Å². The third-order valence-electron chi connectivity index (χ3n) is 3.30. The van der Waals surface area contributed by atoms with Crippen LogP contribution in [-0.2, 0) is 4.79 Å². The van der Waals surface area contributed by atoms with Crippen LogP contribution in [0.15, 0.2) is 26.4 Å². The first-order chi connectivity index (χ1) is 8.58. The molecule has 1 fully saturated rings. The van der Waals surface area contributed by atoms with Crippen LogP contribution in [0.25, 0.3) is 0 Å². The van der Waals surface area contributed by atoms with E-state index >= 15 is 0 Å². The lowest BCUT2D eigenvalue weighted by atomic mass is 10.1. The lowest BCUT2D eigenvalue weighted by molar-refractivity contribution is -0.116. The molecule has 0 aromatic carbocycles. The van der Waals surface area contributed by atoms with Gasteiger partial charge in [-0.2, -0.15) is 0 Å². The summed E-state index contributed by atoms with van der Waals surface area (Å²) in [5.74, 6) is 2.60. The van der Waals surface area contributed by atoms with Crippen LogP contribution < -0.4 is 0 Å². The first-order valence-corrected chi connectivity index (χ1v) is 8.42. The molecule has 1 saturated carbocycles. The molecule has 0 radical (unpaired) electrons. The predicted molar refractivity (Wildman–Crippen MR) is 79.0 cm³/mol. The highest BCUT2D eigenvalue weighted by Crippen LogP contribution is 2.50. The third kappa shape index (κ3) is 2.69. The number of furan rings is 1. The van der Waals surface area contributed by atoms with Crippen molar-refractivity contribution in [1.82, 2.24) is 0 Å². The normalized spacial score (nSPS) is 21.8. The van der Waals surface area contributed by atoms with Gasteiger partial charge in [-0.3, -0.25) is 4.79 Å². The first kappa shape index (κ1) is 13.8. The van der Waals surface area contributed by atoms with Crippen LogP contribution in [0, 0.1) is 12.8 Å². The molecule has 4 heteroatoms. The van der Waals surface area contributed by atoms with E-state index in [-0.39, 0.29) is 11.7 Å². The average molecular weight is 282 g/mol. The molecule has 0 bridgehead atoms. The minimum Gasteiger partial charge on any atom is -0.466 e. The summed E-state index contributed by atoms with van der Waals surface area (Å²) in [7, 11) is 0. The smallest absolute Gasteiger partial charge is 0.164 e. The molecule has 1 aromatic rings. The summed E-state index contributed by atoms with van der Waals surface area (Å²) in [5, 5.41) is 0. The number of ketones is 1. The Morgan fingerprint density at radius 1 is 1.33 bits per heavy atom.